The monoisotopic (exact) mass is 250 g/mol. The molecule has 0 amide bonds. The van der Waals surface area contributed by atoms with Gasteiger partial charge in [0.25, 0.3) is 0 Å². The van der Waals surface area contributed by atoms with Gasteiger partial charge in [0, 0.05) is 24.0 Å². The van der Waals surface area contributed by atoms with Crippen LogP contribution in [0.3, 0.4) is 0 Å². The van der Waals surface area contributed by atoms with Crippen molar-refractivity contribution < 1.29 is 14.3 Å². The summed E-state index contributed by atoms with van der Waals surface area (Å²) in [6.45, 7) is 1.56. The van der Waals surface area contributed by atoms with Crippen molar-refractivity contribution in [2.45, 2.75) is 23.2 Å². The molecule has 0 N–H and O–H groups in total. The second-order valence-corrected chi connectivity index (χ2v) is 5.48. The molecule has 4 heteroatoms. The van der Waals surface area contributed by atoms with Crippen molar-refractivity contribution in [3.63, 3.8) is 0 Å². The van der Waals surface area contributed by atoms with Gasteiger partial charge >= 0.3 is 5.97 Å². The van der Waals surface area contributed by atoms with Crippen LogP contribution in [0.5, 0.6) is 0 Å². The Morgan fingerprint density at radius 2 is 1.94 bits per heavy atom. The van der Waals surface area contributed by atoms with Crippen LogP contribution in [-0.4, -0.2) is 24.6 Å². The Labute approximate surface area is 104 Å². The van der Waals surface area contributed by atoms with E-state index in [1.165, 1.54) is 0 Å². The van der Waals surface area contributed by atoms with Gasteiger partial charge in [0.2, 0.25) is 0 Å². The molecule has 1 aromatic rings. The van der Waals surface area contributed by atoms with Crippen LogP contribution in [0.4, 0.5) is 0 Å². The van der Waals surface area contributed by atoms with Crippen molar-refractivity contribution in [1.82, 2.24) is 0 Å². The number of carbonyl (C=O) groups excluding carboxylic acids is 1. The van der Waals surface area contributed by atoms with Gasteiger partial charge in [-0.3, -0.25) is 0 Å². The SMILES string of the molecule is O=C1OC(C2CCOCC2)Sc2ccccc21. The first kappa shape index (κ1) is 11.1. The fraction of sp³-hybridized carbons (Fsp3) is 0.462. The predicted molar refractivity (Wildman–Crippen MR) is 65.0 cm³/mol. The van der Waals surface area contributed by atoms with Crippen molar-refractivity contribution in [2.24, 2.45) is 5.92 Å². The third kappa shape index (κ3) is 2.19. The number of benzene rings is 1. The molecule has 0 aromatic heterocycles. The van der Waals surface area contributed by atoms with Gasteiger partial charge < -0.3 is 9.47 Å². The molecule has 0 bridgehead atoms. The first-order chi connectivity index (χ1) is 8.34. The molecule has 17 heavy (non-hydrogen) atoms. The maximum Gasteiger partial charge on any atom is 0.340 e. The van der Waals surface area contributed by atoms with E-state index in [4.69, 9.17) is 9.47 Å². The van der Waals surface area contributed by atoms with E-state index in [0.29, 0.717) is 11.5 Å². The average Bonchev–Trinajstić information content (AvgIpc) is 2.40. The summed E-state index contributed by atoms with van der Waals surface area (Å²) < 4.78 is 10.9. The molecule has 3 nitrogen and oxygen atoms in total. The van der Waals surface area contributed by atoms with Gasteiger partial charge in [0.15, 0.2) is 5.44 Å². The summed E-state index contributed by atoms with van der Waals surface area (Å²) in [7, 11) is 0. The van der Waals surface area contributed by atoms with E-state index in [0.717, 1.165) is 31.0 Å². The lowest BCUT2D eigenvalue weighted by Gasteiger charge is -2.32. The van der Waals surface area contributed by atoms with E-state index in [-0.39, 0.29) is 11.4 Å². The van der Waals surface area contributed by atoms with Crippen LogP contribution in [0.25, 0.3) is 0 Å². The molecule has 2 aliphatic heterocycles. The third-order valence-electron chi connectivity index (χ3n) is 3.22. The van der Waals surface area contributed by atoms with Crippen LogP contribution in [0.15, 0.2) is 29.2 Å². The lowest BCUT2D eigenvalue weighted by molar-refractivity contribution is 0.00727. The zero-order valence-corrected chi connectivity index (χ0v) is 10.2. The summed E-state index contributed by atoms with van der Waals surface area (Å²) in [4.78, 5) is 12.9. The molecular formula is C13H14O3S. The number of carbonyl (C=O) groups is 1. The second kappa shape index (κ2) is 4.70. The minimum atomic E-state index is -0.184. The molecule has 1 atom stereocenters. The van der Waals surface area contributed by atoms with Crippen LogP contribution >= 0.6 is 11.8 Å². The number of fused-ring (bicyclic) bond motifs is 1. The molecular weight excluding hydrogens is 236 g/mol. The number of cyclic esters (lactones) is 1. The molecule has 1 unspecified atom stereocenters. The fourth-order valence-electron chi connectivity index (χ4n) is 2.24. The molecule has 1 aromatic carbocycles. The summed E-state index contributed by atoms with van der Waals surface area (Å²) in [5, 5.41) is 0. The lowest BCUT2D eigenvalue weighted by Crippen LogP contribution is -2.31. The highest BCUT2D eigenvalue weighted by molar-refractivity contribution is 8.00. The molecule has 0 saturated carbocycles. The molecule has 2 heterocycles. The number of hydrogen-bond acceptors (Lipinski definition) is 4. The molecule has 1 saturated heterocycles. The number of rotatable bonds is 1. The fourth-order valence-corrected chi connectivity index (χ4v) is 3.52. The topological polar surface area (TPSA) is 35.5 Å². The third-order valence-corrected chi connectivity index (χ3v) is 4.55. The summed E-state index contributed by atoms with van der Waals surface area (Å²) in [6, 6.07) is 7.65. The van der Waals surface area contributed by atoms with Gasteiger partial charge in [0.1, 0.15) is 0 Å². The van der Waals surface area contributed by atoms with Gasteiger partial charge in [0.05, 0.1) is 5.56 Å². The summed E-state index contributed by atoms with van der Waals surface area (Å²) in [5.74, 6) is 0.238. The van der Waals surface area contributed by atoms with Crippen molar-refractivity contribution in [3.05, 3.63) is 29.8 Å². The number of hydrogen-bond donors (Lipinski definition) is 0. The first-order valence-corrected chi connectivity index (χ1v) is 6.77. The van der Waals surface area contributed by atoms with Gasteiger partial charge in [-0.15, -0.1) is 0 Å². The molecule has 0 spiro atoms. The van der Waals surface area contributed by atoms with Crippen molar-refractivity contribution in [1.29, 1.82) is 0 Å². The maximum absolute atomic E-state index is 11.9. The maximum atomic E-state index is 11.9. The van der Waals surface area contributed by atoms with Gasteiger partial charge in [-0.05, 0) is 25.0 Å². The second-order valence-electron chi connectivity index (χ2n) is 4.34. The average molecular weight is 250 g/mol. The number of thioether (sulfide) groups is 1. The summed E-state index contributed by atoms with van der Waals surface area (Å²) in [5.41, 5.74) is 0.655. The van der Waals surface area contributed by atoms with Gasteiger partial charge in [-0.25, -0.2) is 4.79 Å². The first-order valence-electron chi connectivity index (χ1n) is 5.89. The van der Waals surface area contributed by atoms with E-state index in [1.54, 1.807) is 11.8 Å². The molecule has 0 aliphatic carbocycles. The van der Waals surface area contributed by atoms with E-state index in [2.05, 4.69) is 0 Å². The molecule has 3 rings (SSSR count). The quantitative estimate of drug-likeness (QED) is 0.718. The highest BCUT2D eigenvalue weighted by Gasteiger charge is 2.33. The Hall–Kier alpha value is -1.00. The number of ether oxygens (including phenoxy) is 2. The standard InChI is InChI=1S/C13H14O3S/c14-12-10-3-1-2-4-11(10)17-13(16-12)9-5-7-15-8-6-9/h1-4,9,13H,5-8H2. The van der Waals surface area contributed by atoms with Crippen molar-refractivity contribution in [3.8, 4) is 0 Å². The molecule has 2 aliphatic rings. The van der Waals surface area contributed by atoms with E-state index < -0.39 is 0 Å². The van der Waals surface area contributed by atoms with Crippen LogP contribution in [0.1, 0.15) is 23.2 Å². The summed E-state index contributed by atoms with van der Waals surface area (Å²) >= 11 is 1.67. The van der Waals surface area contributed by atoms with E-state index in [9.17, 15) is 4.79 Å². The molecule has 0 radical (unpaired) electrons. The minimum Gasteiger partial charge on any atom is -0.447 e. The lowest BCUT2D eigenvalue weighted by atomic mass is 10.0. The van der Waals surface area contributed by atoms with E-state index in [1.807, 2.05) is 24.3 Å². The summed E-state index contributed by atoms with van der Waals surface area (Å²) in [6.07, 6.45) is 1.96. The van der Waals surface area contributed by atoms with Crippen LogP contribution < -0.4 is 0 Å². The van der Waals surface area contributed by atoms with Crippen LogP contribution in [0, 0.1) is 5.92 Å². The normalized spacial score (nSPS) is 25.2. The zero-order valence-electron chi connectivity index (χ0n) is 9.43. The van der Waals surface area contributed by atoms with Crippen molar-refractivity contribution >= 4 is 17.7 Å². The molecule has 1 fully saturated rings. The zero-order chi connectivity index (χ0) is 11.7. The largest absolute Gasteiger partial charge is 0.447 e. The Bertz CT molecular complexity index is 426. The highest BCUT2D eigenvalue weighted by Crippen LogP contribution is 2.39. The Balaban J connectivity index is 1.80. The van der Waals surface area contributed by atoms with Crippen molar-refractivity contribution in [2.75, 3.05) is 13.2 Å². The minimum absolute atomic E-state index is 0.0405. The van der Waals surface area contributed by atoms with Crippen LogP contribution in [0.2, 0.25) is 0 Å². The van der Waals surface area contributed by atoms with Gasteiger partial charge in [-0.2, -0.15) is 0 Å². The van der Waals surface area contributed by atoms with Crippen LogP contribution in [-0.2, 0) is 9.47 Å². The Morgan fingerprint density at radius 1 is 1.18 bits per heavy atom. The number of esters is 1. The Kier molecular flexibility index (Phi) is 3.07. The highest BCUT2D eigenvalue weighted by atomic mass is 32.2. The van der Waals surface area contributed by atoms with E-state index >= 15 is 0 Å². The predicted octanol–water partition coefficient (Wildman–Crippen LogP) is 2.70. The smallest absolute Gasteiger partial charge is 0.340 e. The molecule has 90 valence electrons. The Morgan fingerprint density at radius 3 is 2.76 bits per heavy atom. The van der Waals surface area contributed by atoms with Gasteiger partial charge in [-0.1, -0.05) is 23.9 Å².